The molecule has 23 heavy (non-hydrogen) atoms. The second-order valence-electron chi connectivity index (χ2n) is 7.31. The molecule has 3 nitrogen and oxygen atoms in total. The standard InChI is InChI=1S/C20H30N2O/c1-6-7-9-15(20(2,3)4)10-8-11-19-21-17-14-16(23)12-13-18(17)22(19)5/h8-10,12-14,19,21,23H,6-7,11H2,1-5H3/b10-8-,15-9+. The van der Waals surface area contributed by atoms with Gasteiger partial charge in [0.05, 0.1) is 11.4 Å². The monoisotopic (exact) mass is 314 g/mol. The average Bonchev–Trinajstić information content (AvgIpc) is 2.77. The van der Waals surface area contributed by atoms with Gasteiger partial charge in [-0.1, -0.05) is 52.3 Å². The van der Waals surface area contributed by atoms with Crippen LogP contribution < -0.4 is 10.2 Å². The Balaban J connectivity index is 2.03. The van der Waals surface area contributed by atoms with E-state index in [1.807, 2.05) is 6.07 Å². The van der Waals surface area contributed by atoms with Crippen LogP contribution in [0.25, 0.3) is 0 Å². The Kier molecular flexibility index (Phi) is 5.40. The summed E-state index contributed by atoms with van der Waals surface area (Å²) in [6.07, 6.45) is 10.3. The molecule has 1 aliphatic heterocycles. The van der Waals surface area contributed by atoms with Crippen molar-refractivity contribution in [1.29, 1.82) is 0 Å². The maximum atomic E-state index is 9.61. The van der Waals surface area contributed by atoms with Crippen molar-refractivity contribution < 1.29 is 5.11 Å². The van der Waals surface area contributed by atoms with Crippen LogP contribution in [0.4, 0.5) is 11.4 Å². The Morgan fingerprint density at radius 1 is 1.35 bits per heavy atom. The molecule has 0 bridgehead atoms. The molecule has 0 aromatic heterocycles. The summed E-state index contributed by atoms with van der Waals surface area (Å²) in [4.78, 5) is 2.23. The summed E-state index contributed by atoms with van der Waals surface area (Å²) in [5.41, 5.74) is 3.72. The SMILES string of the molecule is CCC/C=C(\C=C/CC1Nc2cc(O)ccc2N1C)C(C)(C)C. The maximum absolute atomic E-state index is 9.61. The fraction of sp³-hybridized carbons (Fsp3) is 0.500. The Morgan fingerprint density at radius 2 is 2.09 bits per heavy atom. The molecule has 1 aromatic carbocycles. The smallest absolute Gasteiger partial charge is 0.117 e. The highest BCUT2D eigenvalue weighted by Gasteiger charge is 2.24. The number of hydrogen-bond acceptors (Lipinski definition) is 3. The second kappa shape index (κ2) is 7.12. The zero-order valence-electron chi connectivity index (χ0n) is 15.1. The summed E-state index contributed by atoms with van der Waals surface area (Å²) in [5.74, 6) is 0.304. The third-order valence-corrected chi connectivity index (χ3v) is 4.33. The zero-order chi connectivity index (χ0) is 17.0. The fourth-order valence-corrected chi connectivity index (χ4v) is 2.86. The van der Waals surface area contributed by atoms with Crippen molar-refractivity contribution in [2.24, 2.45) is 5.41 Å². The number of anilines is 2. The summed E-state index contributed by atoms with van der Waals surface area (Å²) in [7, 11) is 2.09. The molecule has 0 fully saturated rings. The minimum atomic E-state index is 0.176. The van der Waals surface area contributed by atoms with Gasteiger partial charge in [-0.25, -0.2) is 0 Å². The molecule has 1 heterocycles. The Hall–Kier alpha value is -1.90. The van der Waals surface area contributed by atoms with E-state index in [9.17, 15) is 5.11 Å². The van der Waals surface area contributed by atoms with Crippen LogP contribution in [0.1, 0.15) is 47.0 Å². The predicted octanol–water partition coefficient (Wildman–Crippen LogP) is 5.30. The van der Waals surface area contributed by atoms with E-state index in [4.69, 9.17) is 0 Å². The van der Waals surface area contributed by atoms with Gasteiger partial charge in [-0.15, -0.1) is 0 Å². The first-order valence-electron chi connectivity index (χ1n) is 8.52. The van der Waals surface area contributed by atoms with Gasteiger partial charge in [-0.2, -0.15) is 0 Å². The maximum Gasteiger partial charge on any atom is 0.117 e. The minimum Gasteiger partial charge on any atom is -0.508 e. The van der Waals surface area contributed by atoms with E-state index >= 15 is 0 Å². The summed E-state index contributed by atoms with van der Waals surface area (Å²) >= 11 is 0. The summed E-state index contributed by atoms with van der Waals surface area (Å²) in [6.45, 7) is 9.00. The number of phenolic OH excluding ortho intramolecular Hbond substituents is 1. The lowest BCUT2D eigenvalue weighted by Gasteiger charge is -2.22. The largest absolute Gasteiger partial charge is 0.508 e. The molecule has 0 aliphatic carbocycles. The second-order valence-corrected chi connectivity index (χ2v) is 7.31. The fourth-order valence-electron chi connectivity index (χ4n) is 2.86. The van der Waals surface area contributed by atoms with Gasteiger partial charge in [-0.05, 0) is 29.5 Å². The van der Waals surface area contributed by atoms with E-state index in [-0.39, 0.29) is 11.6 Å². The molecule has 126 valence electrons. The highest BCUT2D eigenvalue weighted by atomic mass is 16.3. The Labute approximate surface area is 140 Å². The molecular weight excluding hydrogens is 284 g/mol. The van der Waals surface area contributed by atoms with E-state index in [1.165, 1.54) is 12.0 Å². The first-order chi connectivity index (χ1) is 10.8. The molecule has 1 aromatic rings. The third kappa shape index (κ3) is 4.31. The number of nitrogens with zero attached hydrogens (tertiary/aromatic N) is 1. The van der Waals surface area contributed by atoms with E-state index in [0.717, 1.165) is 24.2 Å². The van der Waals surface area contributed by atoms with Gasteiger partial charge in [0.15, 0.2) is 0 Å². The van der Waals surface area contributed by atoms with Crippen molar-refractivity contribution in [3.63, 3.8) is 0 Å². The molecule has 3 heteroatoms. The number of nitrogens with one attached hydrogen (secondary N) is 1. The number of phenols is 1. The van der Waals surface area contributed by atoms with Crippen LogP contribution in [0.3, 0.4) is 0 Å². The van der Waals surface area contributed by atoms with Crippen LogP contribution in [0.5, 0.6) is 5.75 Å². The minimum absolute atomic E-state index is 0.176. The van der Waals surface area contributed by atoms with Crippen molar-refractivity contribution in [3.05, 3.63) is 42.0 Å². The van der Waals surface area contributed by atoms with Gasteiger partial charge in [0, 0.05) is 19.5 Å². The summed E-state index contributed by atoms with van der Waals surface area (Å²) in [6, 6.07) is 5.49. The van der Waals surface area contributed by atoms with Crippen molar-refractivity contribution >= 4 is 11.4 Å². The number of aromatic hydroxyl groups is 1. The van der Waals surface area contributed by atoms with Crippen molar-refractivity contribution in [3.8, 4) is 5.75 Å². The lowest BCUT2D eigenvalue weighted by Crippen LogP contribution is -2.31. The van der Waals surface area contributed by atoms with Gasteiger partial charge in [-0.3, -0.25) is 0 Å². The van der Waals surface area contributed by atoms with Gasteiger partial charge < -0.3 is 15.3 Å². The zero-order valence-corrected chi connectivity index (χ0v) is 15.1. The van der Waals surface area contributed by atoms with Crippen LogP contribution >= 0.6 is 0 Å². The van der Waals surface area contributed by atoms with Crippen molar-refractivity contribution in [2.45, 2.75) is 53.1 Å². The number of rotatable bonds is 5. The van der Waals surface area contributed by atoms with Gasteiger partial charge in [0.1, 0.15) is 11.9 Å². The number of hydrogen-bond donors (Lipinski definition) is 2. The molecule has 0 saturated heterocycles. The van der Waals surface area contributed by atoms with Crippen molar-refractivity contribution in [2.75, 3.05) is 17.3 Å². The third-order valence-electron chi connectivity index (χ3n) is 4.33. The van der Waals surface area contributed by atoms with Crippen LogP contribution in [-0.4, -0.2) is 18.3 Å². The normalized spacial score (nSPS) is 18.4. The topological polar surface area (TPSA) is 35.5 Å². The van der Waals surface area contributed by atoms with Crippen LogP contribution in [0, 0.1) is 5.41 Å². The predicted molar refractivity (Wildman–Crippen MR) is 100 cm³/mol. The number of allylic oxidation sites excluding steroid dienone is 3. The van der Waals surface area contributed by atoms with Gasteiger partial charge in [0.2, 0.25) is 0 Å². The van der Waals surface area contributed by atoms with Crippen LogP contribution in [0.15, 0.2) is 42.0 Å². The first-order valence-corrected chi connectivity index (χ1v) is 8.52. The first kappa shape index (κ1) is 17.5. The lowest BCUT2D eigenvalue weighted by atomic mass is 9.85. The number of benzene rings is 1. The van der Waals surface area contributed by atoms with E-state index in [1.54, 1.807) is 12.1 Å². The molecule has 0 radical (unpaired) electrons. The number of unbranched alkanes of at least 4 members (excludes halogenated alkanes) is 1. The average molecular weight is 314 g/mol. The molecule has 2 N–H and O–H groups in total. The molecule has 1 aliphatic rings. The molecular formula is C20H30N2O. The molecule has 0 saturated carbocycles. The van der Waals surface area contributed by atoms with E-state index in [0.29, 0.717) is 5.75 Å². The lowest BCUT2D eigenvalue weighted by molar-refractivity contribution is 0.476. The van der Waals surface area contributed by atoms with Crippen molar-refractivity contribution in [1.82, 2.24) is 0 Å². The summed E-state index contributed by atoms with van der Waals surface area (Å²) < 4.78 is 0. The molecule has 1 atom stereocenters. The van der Waals surface area contributed by atoms with E-state index in [2.05, 4.69) is 63.2 Å². The van der Waals surface area contributed by atoms with E-state index < -0.39 is 0 Å². The van der Waals surface area contributed by atoms with Crippen LogP contribution in [0.2, 0.25) is 0 Å². The Morgan fingerprint density at radius 3 is 2.74 bits per heavy atom. The number of fused-ring (bicyclic) bond motifs is 1. The molecule has 2 rings (SSSR count). The summed E-state index contributed by atoms with van der Waals surface area (Å²) in [5, 5.41) is 13.1. The molecule has 0 spiro atoms. The molecule has 1 unspecified atom stereocenters. The quantitative estimate of drug-likeness (QED) is 0.724. The highest BCUT2D eigenvalue weighted by Crippen LogP contribution is 2.37. The van der Waals surface area contributed by atoms with Crippen LogP contribution in [-0.2, 0) is 0 Å². The van der Waals surface area contributed by atoms with Gasteiger partial charge in [0.25, 0.3) is 0 Å². The molecule has 0 amide bonds. The Bertz CT molecular complexity index is 596. The highest BCUT2D eigenvalue weighted by molar-refractivity contribution is 5.77. The van der Waals surface area contributed by atoms with Gasteiger partial charge >= 0.3 is 0 Å².